The van der Waals surface area contributed by atoms with Crippen LogP contribution in [0.5, 0.6) is 0 Å². The first kappa shape index (κ1) is 24.3. The number of para-hydroxylation sites is 1. The van der Waals surface area contributed by atoms with Crippen molar-refractivity contribution in [1.29, 1.82) is 0 Å². The number of nitrogens with two attached hydrogens (primary N) is 1. The summed E-state index contributed by atoms with van der Waals surface area (Å²) in [6.45, 7) is 5.87. The predicted molar refractivity (Wildman–Crippen MR) is 151 cm³/mol. The molecule has 0 aliphatic carbocycles. The number of benzene rings is 2. The van der Waals surface area contributed by atoms with Crippen LogP contribution in [0.4, 0.5) is 11.8 Å². The zero-order valence-corrected chi connectivity index (χ0v) is 21.7. The van der Waals surface area contributed by atoms with Gasteiger partial charge in [-0.15, -0.1) is 11.3 Å². The van der Waals surface area contributed by atoms with Gasteiger partial charge >= 0.3 is 0 Å². The van der Waals surface area contributed by atoms with E-state index in [1.807, 2.05) is 86.8 Å². The molecule has 0 fully saturated rings. The van der Waals surface area contributed by atoms with Crippen molar-refractivity contribution in [3.63, 3.8) is 0 Å². The number of aryl methyl sites for hydroxylation is 2. The van der Waals surface area contributed by atoms with Crippen molar-refractivity contribution in [3.05, 3.63) is 98.1 Å². The number of thiazole rings is 1. The lowest BCUT2D eigenvalue weighted by Crippen LogP contribution is -2.29. The van der Waals surface area contributed by atoms with E-state index >= 15 is 0 Å². The molecule has 5 aromatic rings. The number of nitrogens with one attached hydrogen (secondary N) is 1. The van der Waals surface area contributed by atoms with Crippen LogP contribution in [0.2, 0.25) is 0 Å². The number of rotatable bonds is 7. The molecule has 0 amide bonds. The fourth-order valence-corrected chi connectivity index (χ4v) is 4.90. The van der Waals surface area contributed by atoms with Gasteiger partial charge in [0.15, 0.2) is 0 Å². The highest BCUT2D eigenvalue weighted by Gasteiger charge is 2.22. The van der Waals surface area contributed by atoms with Crippen molar-refractivity contribution in [3.8, 4) is 5.69 Å². The monoisotopic (exact) mass is 509 g/mol. The fourth-order valence-electron chi connectivity index (χ4n) is 4.37. The second-order valence-corrected chi connectivity index (χ2v) is 9.58. The molecule has 0 saturated heterocycles. The molecular weight excluding hydrogens is 482 g/mol. The molecule has 3 N–H and O–H groups in total. The molecule has 0 spiro atoms. The SMILES string of the molecule is CCC(Nc1nc(N)nc(C)c1/C=C/c1nccs1)c1nc2cccc(C)c2c(=O)n1-c1ccccc1. The molecule has 37 heavy (non-hydrogen) atoms. The highest BCUT2D eigenvalue weighted by atomic mass is 32.1. The number of anilines is 2. The van der Waals surface area contributed by atoms with Crippen LogP contribution in [0, 0.1) is 13.8 Å². The summed E-state index contributed by atoms with van der Waals surface area (Å²) < 4.78 is 1.69. The van der Waals surface area contributed by atoms with E-state index in [0.717, 1.165) is 27.5 Å². The van der Waals surface area contributed by atoms with E-state index in [1.165, 1.54) is 0 Å². The van der Waals surface area contributed by atoms with Crippen molar-refractivity contribution >= 4 is 46.2 Å². The van der Waals surface area contributed by atoms with Gasteiger partial charge in [0.05, 0.1) is 28.3 Å². The van der Waals surface area contributed by atoms with Gasteiger partial charge in [-0.25, -0.2) is 15.0 Å². The lowest BCUT2D eigenvalue weighted by atomic mass is 10.1. The van der Waals surface area contributed by atoms with Gasteiger partial charge < -0.3 is 11.1 Å². The highest BCUT2D eigenvalue weighted by Crippen LogP contribution is 2.28. The van der Waals surface area contributed by atoms with Gasteiger partial charge in [0.1, 0.15) is 16.6 Å². The lowest BCUT2D eigenvalue weighted by molar-refractivity contribution is 0.658. The van der Waals surface area contributed by atoms with Crippen molar-refractivity contribution in [2.24, 2.45) is 0 Å². The first-order valence-electron chi connectivity index (χ1n) is 12.0. The Balaban J connectivity index is 1.67. The van der Waals surface area contributed by atoms with Crippen LogP contribution in [0.15, 0.2) is 64.9 Å². The Bertz CT molecular complexity index is 1640. The molecule has 9 heteroatoms. The Labute approximate surface area is 218 Å². The molecule has 0 bridgehead atoms. The molecule has 5 rings (SSSR count). The highest BCUT2D eigenvalue weighted by molar-refractivity contribution is 7.10. The van der Waals surface area contributed by atoms with Gasteiger partial charge in [-0.2, -0.15) is 4.98 Å². The third kappa shape index (κ3) is 4.85. The molecule has 2 aromatic carbocycles. The molecule has 0 aliphatic rings. The summed E-state index contributed by atoms with van der Waals surface area (Å²) in [5.74, 6) is 1.34. The average Bonchev–Trinajstić information content (AvgIpc) is 3.40. The first-order valence-corrected chi connectivity index (χ1v) is 12.9. The van der Waals surface area contributed by atoms with Gasteiger partial charge in [-0.05, 0) is 56.2 Å². The molecule has 0 saturated carbocycles. The maximum absolute atomic E-state index is 13.9. The number of nitrogen functional groups attached to an aromatic ring is 1. The van der Waals surface area contributed by atoms with Crippen LogP contribution >= 0.6 is 11.3 Å². The number of hydrogen-bond acceptors (Lipinski definition) is 8. The molecule has 186 valence electrons. The maximum Gasteiger partial charge on any atom is 0.266 e. The van der Waals surface area contributed by atoms with Crippen LogP contribution in [-0.2, 0) is 0 Å². The minimum atomic E-state index is -0.335. The van der Waals surface area contributed by atoms with E-state index < -0.39 is 0 Å². The second kappa shape index (κ2) is 10.3. The summed E-state index contributed by atoms with van der Waals surface area (Å²) in [5.41, 5.74) is 9.78. The number of hydrogen-bond donors (Lipinski definition) is 2. The molecule has 1 unspecified atom stereocenters. The van der Waals surface area contributed by atoms with E-state index in [9.17, 15) is 4.79 Å². The summed E-state index contributed by atoms with van der Waals surface area (Å²) in [6, 6.07) is 15.0. The van der Waals surface area contributed by atoms with Gasteiger partial charge in [0.2, 0.25) is 5.95 Å². The first-order chi connectivity index (χ1) is 18.0. The van der Waals surface area contributed by atoms with Crippen molar-refractivity contribution in [1.82, 2.24) is 24.5 Å². The number of fused-ring (bicyclic) bond motifs is 1. The van der Waals surface area contributed by atoms with E-state index in [4.69, 9.17) is 10.7 Å². The second-order valence-electron chi connectivity index (χ2n) is 8.65. The van der Waals surface area contributed by atoms with Gasteiger partial charge in [0.25, 0.3) is 5.56 Å². The van der Waals surface area contributed by atoms with Crippen molar-refractivity contribution < 1.29 is 0 Å². The minimum Gasteiger partial charge on any atom is -0.368 e. The average molecular weight is 510 g/mol. The van der Waals surface area contributed by atoms with Crippen LogP contribution in [0.3, 0.4) is 0 Å². The molecule has 0 radical (unpaired) electrons. The Morgan fingerprint density at radius 1 is 1.05 bits per heavy atom. The number of aromatic nitrogens is 5. The van der Waals surface area contributed by atoms with Crippen molar-refractivity contribution in [2.75, 3.05) is 11.1 Å². The standard InChI is InChI=1S/C28H27N7OS/c1-4-21(32-25-20(18(3)31-28(29)34-25)13-14-23-30-15-16-37-23)26-33-22-12-8-9-17(2)24(22)27(36)35(26)19-10-6-5-7-11-19/h5-16,21H,4H2,1-3H3,(H3,29,31,32,34)/b14-13+. The maximum atomic E-state index is 13.9. The minimum absolute atomic E-state index is 0.105. The normalized spacial score (nSPS) is 12.3. The van der Waals surface area contributed by atoms with Crippen LogP contribution < -0.4 is 16.6 Å². The van der Waals surface area contributed by atoms with E-state index in [-0.39, 0.29) is 17.5 Å². The third-order valence-electron chi connectivity index (χ3n) is 6.17. The Hall–Kier alpha value is -4.37. The van der Waals surface area contributed by atoms with Gasteiger partial charge in [0, 0.05) is 17.1 Å². The fraction of sp³-hybridized carbons (Fsp3) is 0.179. The van der Waals surface area contributed by atoms with Crippen molar-refractivity contribution in [2.45, 2.75) is 33.2 Å². The lowest BCUT2D eigenvalue weighted by Gasteiger charge is -2.23. The summed E-state index contributed by atoms with van der Waals surface area (Å²) in [6.07, 6.45) is 6.27. The largest absolute Gasteiger partial charge is 0.368 e. The quantitative estimate of drug-likeness (QED) is 0.295. The van der Waals surface area contributed by atoms with Crippen LogP contribution in [0.25, 0.3) is 28.7 Å². The van der Waals surface area contributed by atoms with Crippen LogP contribution in [0.1, 0.15) is 47.0 Å². The summed E-state index contributed by atoms with van der Waals surface area (Å²) >= 11 is 1.54. The molecule has 3 aromatic heterocycles. The Kier molecular flexibility index (Phi) is 6.78. The van der Waals surface area contributed by atoms with Crippen LogP contribution in [-0.4, -0.2) is 24.5 Å². The summed E-state index contributed by atoms with van der Waals surface area (Å²) in [4.78, 5) is 32.1. The molecule has 8 nitrogen and oxygen atoms in total. The summed E-state index contributed by atoms with van der Waals surface area (Å²) in [7, 11) is 0. The Morgan fingerprint density at radius 2 is 1.86 bits per heavy atom. The zero-order valence-electron chi connectivity index (χ0n) is 20.8. The molecular formula is C28H27N7OS. The Morgan fingerprint density at radius 3 is 2.59 bits per heavy atom. The van der Waals surface area contributed by atoms with E-state index in [1.54, 1.807) is 22.1 Å². The predicted octanol–water partition coefficient (Wildman–Crippen LogP) is 5.56. The third-order valence-corrected chi connectivity index (χ3v) is 6.92. The molecule has 1 atom stereocenters. The van der Waals surface area contributed by atoms with Gasteiger partial charge in [-0.3, -0.25) is 9.36 Å². The molecule has 3 heterocycles. The number of nitrogens with zero attached hydrogens (tertiary/aromatic N) is 5. The zero-order chi connectivity index (χ0) is 25.9. The van der Waals surface area contributed by atoms with Gasteiger partial charge in [-0.1, -0.05) is 37.3 Å². The van der Waals surface area contributed by atoms with E-state index in [0.29, 0.717) is 29.0 Å². The summed E-state index contributed by atoms with van der Waals surface area (Å²) in [5, 5.41) is 6.93. The molecule has 0 aliphatic heterocycles. The topological polar surface area (TPSA) is 112 Å². The smallest absolute Gasteiger partial charge is 0.266 e. The van der Waals surface area contributed by atoms with E-state index in [2.05, 4.69) is 20.3 Å².